The van der Waals surface area contributed by atoms with E-state index in [0.717, 1.165) is 13.2 Å². The van der Waals surface area contributed by atoms with E-state index in [1.165, 1.54) is 44.9 Å². The highest BCUT2D eigenvalue weighted by atomic mass is 16.5. The first-order valence-electron chi connectivity index (χ1n) is 5.66. The Balaban J connectivity index is 1.58. The zero-order chi connectivity index (χ0) is 9.15. The molecule has 0 aromatic carbocycles. The van der Waals surface area contributed by atoms with Gasteiger partial charge in [-0.2, -0.15) is 0 Å². The fraction of sp³-hybridized carbons (Fsp3) is 1.00. The van der Waals surface area contributed by atoms with Crippen molar-refractivity contribution in [3.8, 4) is 0 Å². The average Bonchev–Trinajstić information content (AvgIpc) is 2.74. The van der Waals surface area contributed by atoms with Crippen molar-refractivity contribution >= 4 is 0 Å². The Morgan fingerprint density at radius 3 is 2.77 bits per heavy atom. The molecular formula is C11H21NO. The number of ether oxygens (including phenoxy) is 1. The highest BCUT2D eigenvalue weighted by molar-refractivity contribution is 4.93. The monoisotopic (exact) mass is 183 g/mol. The first-order valence-corrected chi connectivity index (χ1v) is 5.66. The van der Waals surface area contributed by atoms with Crippen molar-refractivity contribution in [3.05, 3.63) is 0 Å². The van der Waals surface area contributed by atoms with Crippen molar-refractivity contribution in [2.45, 2.75) is 51.0 Å². The van der Waals surface area contributed by atoms with Gasteiger partial charge in [-0.25, -0.2) is 0 Å². The number of rotatable bonds is 5. The van der Waals surface area contributed by atoms with Crippen molar-refractivity contribution in [2.75, 3.05) is 13.2 Å². The summed E-state index contributed by atoms with van der Waals surface area (Å²) in [6.45, 7) is 1.89. The molecule has 0 aromatic heterocycles. The molecule has 1 saturated heterocycles. The summed E-state index contributed by atoms with van der Waals surface area (Å²) in [5, 5.41) is 0. The van der Waals surface area contributed by atoms with Gasteiger partial charge >= 0.3 is 0 Å². The van der Waals surface area contributed by atoms with Crippen molar-refractivity contribution in [1.82, 2.24) is 0 Å². The molecule has 0 amide bonds. The Hall–Kier alpha value is -0.0800. The third-order valence-corrected chi connectivity index (χ3v) is 3.65. The normalized spacial score (nSPS) is 30.7. The van der Waals surface area contributed by atoms with Crippen molar-refractivity contribution < 1.29 is 4.74 Å². The molecular weight excluding hydrogens is 162 g/mol. The Bertz CT molecular complexity index is 159. The summed E-state index contributed by atoms with van der Waals surface area (Å²) in [7, 11) is 0. The first kappa shape index (κ1) is 9.47. The quantitative estimate of drug-likeness (QED) is 0.708. The average molecular weight is 183 g/mol. The molecule has 1 saturated carbocycles. The lowest BCUT2D eigenvalue weighted by molar-refractivity contribution is 0.100. The van der Waals surface area contributed by atoms with E-state index in [2.05, 4.69) is 0 Å². The smallest absolute Gasteiger partial charge is 0.0576 e. The minimum absolute atomic E-state index is 0.568. The van der Waals surface area contributed by atoms with Crippen molar-refractivity contribution in [2.24, 2.45) is 11.1 Å². The molecule has 2 rings (SSSR count). The van der Waals surface area contributed by atoms with Crippen LogP contribution in [0.5, 0.6) is 0 Å². The van der Waals surface area contributed by atoms with Crippen molar-refractivity contribution in [3.63, 3.8) is 0 Å². The molecule has 2 heteroatoms. The molecule has 2 nitrogen and oxygen atoms in total. The van der Waals surface area contributed by atoms with Gasteiger partial charge in [0, 0.05) is 6.61 Å². The third-order valence-electron chi connectivity index (χ3n) is 3.65. The minimum atomic E-state index is 0.568. The van der Waals surface area contributed by atoms with Crippen LogP contribution in [0.3, 0.4) is 0 Å². The van der Waals surface area contributed by atoms with Gasteiger partial charge in [-0.3, -0.25) is 0 Å². The fourth-order valence-electron chi connectivity index (χ4n) is 2.31. The van der Waals surface area contributed by atoms with Gasteiger partial charge in [-0.1, -0.05) is 6.42 Å². The maximum Gasteiger partial charge on any atom is 0.0576 e. The zero-order valence-electron chi connectivity index (χ0n) is 8.43. The van der Waals surface area contributed by atoms with Gasteiger partial charge in [0.15, 0.2) is 0 Å². The largest absolute Gasteiger partial charge is 0.378 e. The molecule has 76 valence electrons. The van der Waals surface area contributed by atoms with E-state index in [9.17, 15) is 0 Å². The lowest BCUT2D eigenvalue weighted by atomic mass is 9.97. The van der Waals surface area contributed by atoms with E-state index in [4.69, 9.17) is 10.5 Å². The predicted octanol–water partition coefficient (Wildman–Crippen LogP) is 2.07. The second-order valence-electron chi connectivity index (χ2n) is 4.73. The topological polar surface area (TPSA) is 35.2 Å². The summed E-state index contributed by atoms with van der Waals surface area (Å²) < 4.78 is 5.59. The second kappa shape index (κ2) is 3.97. The van der Waals surface area contributed by atoms with Gasteiger partial charge in [0.25, 0.3) is 0 Å². The van der Waals surface area contributed by atoms with Gasteiger partial charge in [0.05, 0.1) is 6.10 Å². The first-order chi connectivity index (χ1) is 6.35. The number of nitrogens with two attached hydrogens (primary N) is 1. The zero-order valence-corrected chi connectivity index (χ0v) is 8.43. The standard InChI is InChI=1S/C11H21NO/c12-9-11(6-7-11)5-1-3-10-4-2-8-13-10/h10H,1-9,12H2. The number of hydrogen-bond acceptors (Lipinski definition) is 2. The molecule has 0 bridgehead atoms. The molecule has 13 heavy (non-hydrogen) atoms. The van der Waals surface area contributed by atoms with Gasteiger partial charge in [0.2, 0.25) is 0 Å². The van der Waals surface area contributed by atoms with E-state index >= 15 is 0 Å². The van der Waals surface area contributed by atoms with Crippen LogP contribution in [0.15, 0.2) is 0 Å². The van der Waals surface area contributed by atoms with Crippen LogP contribution < -0.4 is 5.73 Å². The summed E-state index contributed by atoms with van der Waals surface area (Å²) in [6.07, 6.45) is 9.80. The van der Waals surface area contributed by atoms with Crippen LogP contribution in [-0.4, -0.2) is 19.3 Å². The molecule has 1 aliphatic carbocycles. The maximum absolute atomic E-state index is 5.73. The summed E-state index contributed by atoms with van der Waals surface area (Å²) in [5.41, 5.74) is 6.30. The molecule has 0 spiro atoms. The molecule has 0 aromatic rings. The Morgan fingerprint density at radius 1 is 1.38 bits per heavy atom. The summed E-state index contributed by atoms with van der Waals surface area (Å²) in [5.74, 6) is 0. The Labute approximate surface area is 80.8 Å². The maximum atomic E-state index is 5.73. The van der Waals surface area contributed by atoms with E-state index in [1.54, 1.807) is 0 Å². The van der Waals surface area contributed by atoms with Crippen LogP contribution in [-0.2, 0) is 4.74 Å². The van der Waals surface area contributed by atoms with Crippen LogP contribution in [0.1, 0.15) is 44.9 Å². The Kier molecular flexibility index (Phi) is 2.89. The van der Waals surface area contributed by atoms with Gasteiger partial charge in [0.1, 0.15) is 0 Å². The predicted molar refractivity (Wildman–Crippen MR) is 53.5 cm³/mol. The van der Waals surface area contributed by atoms with Gasteiger partial charge in [-0.05, 0) is 50.5 Å². The molecule has 1 unspecified atom stereocenters. The van der Waals surface area contributed by atoms with E-state index in [1.807, 2.05) is 0 Å². The molecule has 1 aliphatic heterocycles. The third kappa shape index (κ3) is 2.44. The minimum Gasteiger partial charge on any atom is -0.378 e. The Morgan fingerprint density at radius 2 is 2.23 bits per heavy atom. The highest BCUT2D eigenvalue weighted by Gasteiger charge is 2.40. The lowest BCUT2D eigenvalue weighted by Gasteiger charge is -2.13. The van der Waals surface area contributed by atoms with E-state index < -0.39 is 0 Å². The van der Waals surface area contributed by atoms with E-state index in [-0.39, 0.29) is 0 Å². The van der Waals surface area contributed by atoms with Crippen LogP contribution in [0, 0.1) is 5.41 Å². The highest BCUT2D eigenvalue weighted by Crippen LogP contribution is 2.48. The molecule has 0 radical (unpaired) electrons. The van der Waals surface area contributed by atoms with Gasteiger partial charge < -0.3 is 10.5 Å². The molecule has 1 atom stereocenters. The van der Waals surface area contributed by atoms with Crippen LogP contribution in [0.2, 0.25) is 0 Å². The lowest BCUT2D eigenvalue weighted by Crippen LogP contribution is -2.16. The SMILES string of the molecule is NCC1(CCCC2CCCO2)CC1. The van der Waals surface area contributed by atoms with Crippen LogP contribution >= 0.6 is 0 Å². The fourth-order valence-corrected chi connectivity index (χ4v) is 2.31. The van der Waals surface area contributed by atoms with Crippen LogP contribution in [0.25, 0.3) is 0 Å². The molecule has 1 heterocycles. The van der Waals surface area contributed by atoms with Crippen molar-refractivity contribution in [1.29, 1.82) is 0 Å². The summed E-state index contributed by atoms with van der Waals surface area (Å²) in [6, 6.07) is 0. The molecule has 2 N–H and O–H groups in total. The summed E-state index contributed by atoms with van der Waals surface area (Å²) in [4.78, 5) is 0. The molecule has 2 aliphatic rings. The van der Waals surface area contributed by atoms with Crippen LogP contribution in [0.4, 0.5) is 0 Å². The van der Waals surface area contributed by atoms with E-state index in [0.29, 0.717) is 11.5 Å². The van der Waals surface area contributed by atoms with Gasteiger partial charge in [-0.15, -0.1) is 0 Å². The second-order valence-corrected chi connectivity index (χ2v) is 4.73. The summed E-state index contributed by atoms with van der Waals surface area (Å²) >= 11 is 0. The molecule has 2 fully saturated rings. The number of hydrogen-bond donors (Lipinski definition) is 1.